The van der Waals surface area contributed by atoms with Crippen molar-refractivity contribution in [2.75, 3.05) is 32.5 Å². The van der Waals surface area contributed by atoms with Crippen LogP contribution in [-0.2, 0) is 0 Å². The van der Waals surface area contributed by atoms with Gasteiger partial charge in [-0.25, -0.2) is 9.83 Å². The van der Waals surface area contributed by atoms with Gasteiger partial charge in [-0.05, 0) is 33.1 Å². The predicted molar refractivity (Wildman–Crippen MR) is 98.3 cm³/mol. The highest BCUT2D eigenvalue weighted by atomic mass is 32.1. The molecule has 1 aromatic heterocycles. The molecule has 0 aliphatic carbocycles. The first-order valence-electron chi connectivity index (χ1n) is 7.67. The van der Waals surface area contributed by atoms with Crippen LogP contribution in [0.15, 0.2) is 29.6 Å². The fourth-order valence-corrected chi connectivity index (χ4v) is 2.69. The molecule has 7 nitrogen and oxygen atoms in total. The number of benzene rings is 1. The first kappa shape index (κ1) is 18.6. The summed E-state index contributed by atoms with van der Waals surface area (Å²) in [6.07, 6.45) is 0.851. The summed E-state index contributed by atoms with van der Waals surface area (Å²) in [6.45, 7) is 8.44. The molecule has 2 amide bonds. The van der Waals surface area contributed by atoms with Crippen LogP contribution in [0.5, 0.6) is 0 Å². The van der Waals surface area contributed by atoms with E-state index in [-0.39, 0.29) is 17.5 Å². The summed E-state index contributed by atoms with van der Waals surface area (Å²) in [7, 11) is 3.95. The number of hydrogen-bond acceptors (Lipinski definition) is 5. The Morgan fingerprint density at radius 2 is 2.12 bits per heavy atom. The highest BCUT2D eigenvalue weighted by Crippen LogP contribution is 2.18. The molecule has 0 bridgehead atoms. The molecule has 2 N–H and O–H groups in total. The average molecular weight is 357 g/mol. The third-order valence-corrected chi connectivity index (χ3v) is 4.02. The van der Waals surface area contributed by atoms with Crippen molar-refractivity contribution in [3.63, 3.8) is 0 Å². The van der Waals surface area contributed by atoms with Gasteiger partial charge in [-0.3, -0.25) is 14.9 Å². The van der Waals surface area contributed by atoms with E-state index in [0.29, 0.717) is 22.9 Å². The number of nitrogens with one attached hydrogen (secondary N) is 2. The van der Waals surface area contributed by atoms with E-state index in [4.69, 9.17) is 6.57 Å². The summed E-state index contributed by atoms with van der Waals surface area (Å²) in [5, 5.41) is 7.39. The van der Waals surface area contributed by atoms with Gasteiger partial charge in [-0.15, -0.1) is 11.3 Å². The number of anilines is 1. The Kier molecular flexibility index (Phi) is 6.62. The number of thiazole rings is 1. The first-order valence-corrected chi connectivity index (χ1v) is 8.55. The maximum atomic E-state index is 12.2. The number of carbonyl (C=O) groups excluding carboxylic acids is 2. The summed E-state index contributed by atoms with van der Waals surface area (Å²) in [5.74, 6) is -0.622. The second-order valence-electron chi connectivity index (χ2n) is 5.57. The molecule has 0 atom stereocenters. The van der Waals surface area contributed by atoms with Crippen LogP contribution in [-0.4, -0.2) is 48.9 Å². The van der Waals surface area contributed by atoms with Gasteiger partial charge in [0.2, 0.25) is 0 Å². The van der Waals surface area contributed by atoms with E-state index in [0.717, 1.165) is 13.0 Å². The molecule has 0 aliphatic heterocycles. The summed E-state index contributed by atoms with van der Waals surface area (Å²) < 4.78 is 0. The van der Waals surface area contributed by atoms with Crippen LogP contribution in [0.4, 0.5) is 10.8 Å². The number of hydrogen-bond donors (Lipinski definition) is 2. The van der Waals surface area contributed by atoms with E-state index in [2.05, 4.69) is 20.5 Å². The lowest BCUT2D eigenvalue weighted by atomic mass is 10.2. The Morgan fingerprint density at radius 3 is 2.84 bits per heavy atom. The van der Waals surface area contributed by atoms with Crippen LogP contribution in [0, 0.1) is 6.57 Å². The molecule has 0 fully saturated rings. The minimum Gasteiger partial charge on any atom is -0.351 e. The fourth-order valence-electron chi connectivity index (χ4n) is 2.01. The minimum absolute atomic E-state index is 0.259. The Bertz CT molecular complexity index is 794. The molecule has 130 valence electrons. The highest BCUT2D eigenvalue weighted by Gasteiger charge is 2.13. The van der Waals surface area contributed by atoms with Gasteiger partial charge in [-0.2, -0.15) is 0 Å². The SMILES string of the molecule is [C-]#[N+]c1cccc(C(=O)Nc2nc(C(=O)NCCCN(C)C)cs2)c1. The van der Waals surface area contributed by atoms with Crippen LogP contribution in [0.3, 0.4) is 0 Å². The topological polar surface area (TPSA) is 78.7 Å². The number of rotatable bonds is 7. The summed E-state index contributed by atoms with van der Waals surface area (Å²) in [6, 6.07) is 6.41. The first-order chi connectivity index (χ1) is 12.0. The molecule has 0 saturated heterocycles. The van der Waals surface area contributed by atoms with Crippen LogP contribution in [0.25, 0.3) is 4.85 Å². The van der Waals surface area contributed by atoms with Gasteiger partial charge < -0.3 is 10.2 Å². The number of amides is 2. The molecular formula is C17H19N5O2S. The van der Waals surface area contributed by atoms with Gasteiger partial charge in [0, 0.05) is 17.5 Å². The van der Waals surface area contributed by atoms with Crippen LogP contribution in [0.2, 0.25) is 0 Å². The summed E-state index contributed by atoms with van der Waals surface area (Å²) >= 11 is 1.18. The zero-order valence-electron chi connectivity index (χ0n) is 14.1. The van der Waals surface area contributed by atoms with Gasteiger partial charge in [0.1, 0.15) is 5.69 Å². The van der Waals surface area contributed by atoms with Gasteiger partial charge in [0.15, 0.2) is 10.8 Å². The monoisotopic (exact) mass is 357 g/mol. The van der Waals surface area contributed by atoms with E-state index in [1.807, 2.05) is 19.0 Å². The number of aromatic nitrogens is 1. The smallest absolute Gasteiger partial charge is 0.270 e. The van der Waals surface area contributed by atoms with Crippen LogP contribution in [0.1, 0.15) is 27.3 Å². The zero-order valence-corrected chi connectivity index (χ0v) is 14.9. The van der Waals surface area contributed by atoms with Crippen molar-refractivity contribution >= 4 is 34.0 Å². The van der Waals surface area contributed by atoms with Crippen molar-refractivity contribution < 1.29 is 9.59 Å². The number of nitrogens with zero attached hydrogens (tertiary/aromatic N) is 3. The second-order valence-corrected chi connectivity index (χ2v) is 6.42. The molecule has 2 rings (SSSR count). The standard InChI is InChI=1S/C17H19N5O2S/c1-18-13-7-4-6-12(10-13)15(23)21-17-20-14(11-25-17)16(24)19-8-5-9-22(2)3/h4,6-7,10-11H,5,8-9H2,2-3H3,(H,19,24)(H,20,21,23). The molecule has 0 radical (unpaired) electrons. The Balaban J connectivity index is 1.91. The summed E-state index contributed by atoms with van der Waals surface area (Å²) in [4.78, 5) is 33.7. The average Bonchev–Trinajstić information content (AvgIpc) is 3.07. The Labute approximate surface area is 150 Å². The van der Waals surface area contributed by atoms with Crippen molar-refractivity contribution in [2.45, 2.75) is 6.42 Å². The van der Waals surface area contributed by atoms with Gasteiger partial charge in [0.05, 0.1) is 6.57 Å². The largest absolute Gasteiger partial charge is 0.351 e. The third-order valence-electron chi connectivity index (χ3n) is 3.26. The molecule has 2 aromatic rings. The summed E-state index contributed by atoms with van der Waals surface area (Å²) in [5.41, 5.74) is 1.04. The molecular weight excluding hydrogens is 338 g/mol. The second kappa shape index (κ2) is 8.92. The van der Waals surface area contributed by atoms with Crippen LogP contribution >= 0.6 is 11.3 Å². The molecule has 1 aromatic carbocycles. The molecule has 8 heteroatoms. The quantitative estimate of drug-likeness (QED) is 0.590. The van der Waals surface area contributed by atoms with Crippen molar-refractivity contribution in [3.05, 3.63) is 52.3 Å². The van der Waals surface area contributed by atoms with E-state index in [1.54, 1.807) is 23.6 Å². The Morgan fingerprint density at radius 1 is 1.32 bits per heavy atom. The van der Waals surface area contributed by atoms with Gasteiger partial charge in [-0.1, -0.05) is 18.2 Å². The minimum atomic E-state index is -0.363. The molecule has 0 saturated carbocycles. The highest BCUT2D eigenvalue weighted by molar-refractivity contribution is 7.14. The van der Waals surface area contributed by atoms with Gasteiger partial charge >= 0.3 is 0 Å². The molecule has 25 heavy (non-hydrogen) atoms. The van der Waals surface area contributed by atoms with E-state index >= 15 is 0 Å². The lowest BCUT2D eigenvalue weighted by molar-refractivity contribution is 0.0946. The lowest BCUT2D eigenvalue weighted by Gasteiger charge is -2.09. The maximum absolute atomic E-state index is 12.2. The maximum Gasteiger partial charge on any atom is 0.270 e. The lowest BCUT2D eigenvalue weighted by Crippen LogP contribution is -2.27. The van der Waals surface area contributed by atoms with E-state index in [1.165, 1.54) is 17.4 Å². The van der Waals surface area contributed by atoms with Crippen molar-refractivity contribution in [3.8, 4) is 0 Å². The van der Waals surface area contributed by atoms with Gasteiger partial charge in [0.25, 0.3) is 11.8 Å². The van der Waals surface area contributed by atoms with Crippen LogP contribution < -0.4 is 10.6 Å². The molecule has 0 spiro atoms. The predicted octanol–water partition coefficient (Wildman–Crippen LogP) is 2.63. The Hall–Kier alpha value is -2.76. The third kappa shape index (κ3) is 5.67. The fraction of sp³-hybridized carbons (Fsp3) is 0.294. The molecule has 0 unspecified atom stereocenters. The molecule has 0 aliphatic rings. The van der Waals surface area contributed by atoms with E-state index in [9.17, 15) is 9.59 Å². The van der Waals surface area contributed by atoms with Crippen molar-refractivity contribution in [1.29, 1.82) is 0 Å². The normalized spacial score (nSPS) is 10.3. The van der Waals surface area contributed by atoms with Crippen molar-refractivity contribution in [2.24, 2.45) is 0 Å². The number of carbonyl (C=O) groups is 2. The van der Waals surface area contributed by atoms with Crippen molar-refractivity contribution in [1.82, 2.24) is 15.2 Å². The molecule has 1 heterocycles. The zero-order chi connectivity index (χ0) is 18.2. The van der Waals surface area contributed by atoms with E-state index < -0.39 is 0 Å².